The minimum Gasteiger partial charge on any atom is -0.382 e. The van der Waals surface area contributed by atoms with E-state index in [1.165, 1.54) is 6.20 Å². The van der Waals surface area contributed by atoms with E-state index in [1.54, 1.807) is 75.5 Å². The first-order valence-corrected chi connectivity index (χ1v) is 12.3. The van der Waals surface area contributed by atoms with Gasteiger partial charge in [0.2, 0.25) is 0 Å². The van der Waals surface area contributed by atoms with E-state index in [1.807, 2.05) is 0 Å². The highest BCUT2D eigenvalue weighted by atomic mass is 32.2. The fourth-order valence-corrected chi connectivity index (χ4v) is 4.43. The minimum atomic E-state index is -3.37. The molecule has 1 atom stereocenters. The number of hydrogen-bond acceptors (Lipinski definition) is 9. The number of nitrogens with two attached hydrogens (primary N) is 1. The molecule has 0 saturated heterocycles. The lowest BCUT2D eigenvalue weighted by Gasteiger charge is -2.23. The van der Waals surface area contributed by atoms with E-state index >= 15 is 0 Å². The Balaban J connectivity index is 1.63. The van der Waals surface area contributed by atoms with Crippen LogP contribution in [0.1, 0.15) is 19.4 Å². The highest BCUT2D eigenvalue weighted by Crippen LogP contribution is 2.30. The normalized spacial score (nSPS) is 13.6. The first kappa shape index (κ1) is 24.6. The average Bonchev–Trinajstić information content (AvgIpc) is 3.34. The Morgan fingerprint density at radius 1 is 1.06 bits per heavy atom. The van der Waals surface area contributed by atoms with Gasteiger partial charge in [-0.3, -0.25) is 5.32 Å². The standard InChI is InChI=1S/C24H24BN5O4S/c1-14(2)35(32,33)18-10-6-16(7-11-18)20-13-28-23(26)22(29-20)21-12-19(30-34-21)15-4-8-17(9-5-15)24(25,31)27-3/h4-14,27,31H,1-3H3,(H2,26,28). The van der Waals surface area contributed by atoms with E-state index in [0.29, 0.717) is 34.0 Å². The molecule has 0 bridgehead atoms. The molecule has 2 radical (unpaired) electrons. The van der Waals surface area contributed by atoms with Gasteiger partial charge in [0.15, 0.2) is 27.1 Å². The molecule has 178 valence electrons. The molecule has 1 unspecified atom stereocenters. The molecule has 0 aliphatic rings. The Bertz CT molecular complexity index is 1450. The van der Waals surface area contributed by atoms with Crippen molar-refractivity contribution >= 4 is 23.5 Å². The second-order valence-electron chi connectivity index (χ2n) is 8.28. The van der Waals surface area contributed by atoms with E-state index in [4.69, 9.17) is 18.1 Å². The summed E-state index contributed by atoms with van der Waals surface area (Å²) in [6.45, 7) is 3.28. The Hall–Kier alpha value is -3.54. The third kappa shape index (κ3) is 4.83. The second kappa shape index (κ2) is 9.25. The molecule has 4 N–H and O–H groups in total. The van der Waals surface area contributed by atoms with Crippen LogP contribution in [0, 0.1) is 0 Å². The van der Waals surface area contributed by atoms with Gasteiger partial charge in [0.25, 0.3) is 0 Å². The average molecular weight is 489 g/mol. The van der Waals surface area contributed by atoms with Crippen LogP contribution in [-0.4, -0.2) is 48.8 Å². The molecular weight excluding hydrogens is 465 g/mol. The summed E-state index contributed by atoms with van der Waals surface area (Å²) in [5.41, 5.74) is 7.65. The minimum absolute atomic E-state index is 0.160. The number of nitrogen functional groups attached to an aromatic ring is 1. The van der Waals surface area contributed by atoms with E-state index in [-0.39, 0.29) is 10.7 Å². The van der Waals surface area contributed by atoms with Crippen molar-refractivity contribution in [2.24, 2.45) is 0 Å². The van der Waals surface area contributed by atoms with E-state index in [9.17, 15) is 13.5 Å². The van der Waals surface area contributed by atoms with Crippen molar-refractivity contribution in [1.29, 1.82) is 0 Å². The van der Waals surface area contributed by atoms with Gasteiger partial charge in [-0.05, 0) is 38.6 Å². The maximum atomic E-state index is 12.4. The van der Waals surface area contributed by atoms with Crippen molar-refractivity contribution in [2.45, 2.75) is 29.6 Å². The summed E-state index contributed by atoms with van der Waals surface area (Å²) in [5.74, 6) is 0.480. The number of benzene rings is 2. The predicted octanol–water partition coefficient (Wildman–Crippen LogP) is 2.72. The molecule has 0 amide bonds. The van der Waals surface area contributed by atoms with Crippen molar-refractivity contribution in [3.63, 3.8) is 0 Å². The molecule has 9 nitrogen and oxygen atoms in total. The molecule has 0 saturated carbocycles. The van der Waals surface area contributed by atoms with Crippen LogP contribution in [0.15, 0.2) is 70.2 Å². The Kier molecular flexibility index (Phi) is 6.50. The summed E-state index contributed by atoms with van der Waals surface area (Å²) in [5, 5.41) is 16.3. The van der Waals surface area contributed by atoms with Gasteiger partial charge in [-0.1, -0.05) is 41.6 Å². The summed E-state index contributed by atoms with van der Waals surface area (Å²) in [6.07, 6.45) is 1.51. The summed E-state index contributed by atoms with van der Waals surface area (Å²) >= 11 is 0. The van der Waals surface area contributed by atoms with Crippen LogP contribution in [-0.2, 0) is 15.5 Å². The number of rotatable bonds is 7. The van der Waals surface area contributed by atoms with Crippen LogP contribution in [0.3, 0.4) is 0 Å². The van der Waals surface area contributed by atoms with Crippen molar-refractivity contribution < 1.29 is 18.0 Å². The zero-order valence-corrected chi connectivity index (χ0v) is 20.2. The van der Waals surface area contributed by atoms with Gasteiger partial charge in [0.1, 0.15) is 13.5 Å². The molecule has 11 heteroatoms. The summed E-state index contributed by atoms with van der Waals surface area (Å²) in [7, 11) is 3.96. The van der Waals surface area contributed by atoms with Gasteiger partial charge in [-0.15, -0.1) is 0 Å². The molecule has 4 aromatic rings. The number of anilines is 1. The third-order valence-corrected chi connectivity index (χ3v) is 7.82. The summed E-state index contributed by atoms with van der Waals surface area (Å²) in [4.78, 5) is 9.04. The van der Waals surface area contributed by atoms with Crippen LogP contribution >= 0.6 is 0 Å². The largest absolute Gasteiger partial charge is 0.382 e. The Morgan fingerprint density at radius 2 is 1.66 bits per heavy atom. The predicted molar refractivity (Wildman–Crippen MR) is 134 cm³/mol. The molecular formula is C24H24BN5O4S. The molecule has 0 aliphatic heterocycles. The van der Waals surface area contributed by atoms with Gasteiger partial charge >= 0.3 is 0 Å². The van der Waals surface area contributed by atoms with E-state index in [0.717, 1.165) is 5.56 Å². The quantitative estimate of drug-likeness (QED) is 0.264. The fourth-order valence-electron chi connectivity index (χ4n) is 3.37. The smallest absolute Gasteiger partial charge is 0.189 e. The van der Waals surface area contributed by atoms with Crippen LogP contribution in [0.4, 0.5) is 5.82 Å². The van der Waals surface area contributed by atoms with Gasteiger partial charge in [0.05, 0.1) is 27.7 Å². The first-order chi connectivity index (χ1) is 16.5. The SMILES string of the molecule is [B]C(O)(NC)c1ccc(-c2cc(-c3nc(-c4ccc(S(=O)(=O)C(C)C)cc4)cnc3N)on2)cc1. The van der Waals surface area contributed by atoms with Crippen LogP contribution in [0.25, 0.3) is 34.0 Å². The number of hydrogen-bond donors (Lipinski definition) is 3. The number of sulfone groups is 1. The molecule has 4 rings (SSSR count). The maximum absolute atomic E-state index is 12.4. The van der Waals surface area contributed by atoms with Crippen molar-refractivity contribution in [3.05, 3.63) is 66.4 Å². The highest BCUT2D eigenvalue weighted by molar-refractivity contribution is 7.92. The summed E-state index contributed by atoms with van der Waals surface area (Å²) < 4.78 is 30.2. The van der Waals surface area contributed by atoms with Crippen LogP contribution in [0.2, 0.25) is 0 Å². The lowest BCUT2D eigenvalue weighted by Crippen LogP contribution is -2.40. The molecule has 2 aromatic heterocycles. The molecule has 0 fully saturated rings. The second-order valence-corrected chi connectivity index (χ2v) is 10.8. The number of aromatic nitrogens is 3. The monoisotopic (exact) mass is 489 g/mol. The number of nitrogens with one attached hydrogen (secondary N) is 1. The van der Waals surface area contributed by atoms with Crippen molar-refractivity contribution in [3.8, 4) is 34.0 Å². The van der Waals surface area contributed by atoms with E-state index < -0.39 is 20.7 Å². The molecule has 35 heavy (non-hydrogen) atoms. The van der Waals surface area contributed by atoms with Gasteiger partial charge < -0.3 is 15.4 Å². The Labute approximate surface area is 204 Å². The number of aliphatic hydroxyl groups is 1. The van der Waals surface area contributed by atoms with Gasteiger partial charge in [-0.25, -0.2) is 18.4 Å². The van der Waals surface area contributed by atoms with E-state index in [2.05, 4.69) is 20.4 Å². The van der Waals surface area contributed by atoms with Crippen LogP contribution in [0.5, 0.6) is 0 Å². The first-order valence-electron chi connectivity index (χ1n) is 10.8. The van der Waals surface area contributed by atoms with Gasteiger partial charge in [-0.2, -0.15) is 0 Å². The summed E-state index contributed by atoms with van der Waals surface area (Å²) in [6, 6.07) is 15.0. The fraction of sp³-hybridized carbons (Fsp3) is 0.208. The zero-order chi connectivity index (χ0) is 25.4. The van der Waals surface area contributed by atoms with Gasteiger partial charge in [0, 0.05) is 17.2 Å². The third-order valence-electron chi connectivity index (χ3n) is 5.65. The maximum Gasteiger partial charge on any atom is 0.189 e. The number of nitrogens with zero attached hydrogens (tertiary/aromatic N) is 3. The lowest BCUT2D eigenvalue weighted by atomic mass is 9.83. The van der Waals surface area contributed by atoms with Crippen molar-refractivity contribution in [1.82, 2.24) is 20.4 Å². The van der Waals surface area contributed by atoms with Crippen molar-refractivity contribution in [2.75, 3.05) is 12.8 Å². The Morgan fingerprint density at radius 3 is 2.26 bits per heavy atom. The molecule has 2 aromatic carbocycles. The molecule has 2 heterocycles. The highest BCUT2D eigenvalue weighted by Gasteiger charge is 2.21. The molecule has 0 spiro atoms. The van der Waals surface area contributed by atoms with Crippen LogP contribution < -0.4 is 11.1 Å². The topological polar surface area (TPSA) is 144 Å². The lowest BCUT2D eigenvalue weighted by molar-refractivity contribution is 0.0983. The molecule has 0 aliphatic carbocycles. The zero-order valence-electron chi connectivity index (χ0n) is 19.4.